The van der Waals surface area contributed by atoms with Crippen molar-refractivity contribution in [2.24, 2.45) is 0 Å². The van der Waals surface area contributed by atoms with Crippen molar-refractivity contribution in [3.63, 3.8) is 0 Å². The van der Waals surface area contributed by atoms with E-state index in [1.165, 1.54) is 16.7 Å². The van der Waals surface area contributed by atoms with Crippen molar-refractivity contribution >= 4 is 5.57 Å². The SMILES string of the molecule is C=CCC/C(C)=C/CCC(=C)c1ccccc1. The second-order valence-corrected chi connectivity index (χ2v) is 4.39. The van der Waals surface area contributed by atoms with Gasteiger partial charge in [0.05, 0.1) is 0 Å². The lowest BCUT2D eigenvalue weighted by Crippen LogP contribution is -1.83. The van der Waals surface area contributed by atoms with Crippen LogP contribution in [0.25, 0.3) is 5.57 Å². The fraction of sp³-hybridized carbons (Fsp3) is 0.294. The molecular weight excluding hydrogens is 204 g/mol. The molecule has 0 spiro atoms. The van der Waals surface area contributed by atoms with Gasteiger partial charge in [0.25, 0.3) is 0 Å². The number of allylic oxidation sites excluding steroid dienone is 4. The molecule has 0 aliphatic carbocycles. The normalized spacial score (nSPS) is 11.2. The molecular formula is C17H22. The third-order valence-corrected chi connectivity index (χ3v) is 2.86. The maximum Gasteiger partial charge on any atom is -0.0230 e. The number of benzene rings is 1. The highest BCUT2D eigenvalue weighted by Gasteiger charge is 1.96. The van der Waals surface area contributed by atoms with Crippen LogP contribution in [0.15, 0.2) is 61.2 Å². The Hall–Kier alpha value is -1.56. The van der Waals surface area contributed by atoms with Crippen LogP contribution in [0.5, 0.6) is 0 Å². The summed E-state index contributed by atoms with van der Waals surface area (Å²) >= 11 is 0. The minimum atomic E-state index is 1.04. The van der Waals surface area contributed by atoms with Gasteiger partial charge < -0.3 is 0 Å². The fourth-order valence-electron chi connectivity index (χ4n) is 1.74. The third-order valence-electron chi connectivity index (χ3n) is 2.86. The molecule has 0 radical (unpaired) electrons. The van der Waals surface area contributed by atoms with E-state index in [0.29, 0.717) is 0 Å². The summed E-state index contributed by atoms with van der Waals surface area (Å²) < 4.78 is 0. The van der Waals surface area contributed by atoms with Crippen LogP contribution in [0, 0.1) is 0 Å². The van der Waals surface area contributed by atoms with E-state index in [4.69, 9.17) is 0 Å². The Balaban J connectivity index is 2.36. The van der Waals surface area contributed by atoms with Crippen LogP contribution < -0.4 is 0 Å². The second-order valence-electron chi connectivity index (χ2n) is 4.39. The van der Waals surface area contributed by atoms with Gasteiger partial charge >= 0.3 is 0 Å². The average molecular weight is 226 g/mol. The summed E-state index contributed by atoms with van der Waals surface area (Å²) in [4.78, 5) is 0. The van der Waals surface area contributed by atoms with Crippen molar-refractivity contribution in [3.8, 4) is 0 Å². The van der Waals surface area contributed by atoms with E-state index in [-0.39, 0.29) is 0 Å². The summed E-state index contributed by atoms with van der Waals surface area (Å²) in [5.74, 6) is 0. The molecule has 1 aromatic carbocycles. The standard InChI is InChI=1S/C17H22/c1-4-5-10-15(2)11-9-12-16(3)17-13-7-6-8-14-17/h4,6-8,11,13-14H,1,3,5,9-10,12H2,2H3/b15-11+. The summed E-state index contributed by atoms with van der Waals surface area (Å²) in [5.41, 5.74) is 3.92. The molecule has 0 unspecified atom stereocenters. The van der Waals surface area contributed by atoms with Crippen LogP contribution in [0.4, 0.5) is 0 Å². The monoisotopic (exact) mass is 226 g/mol. The van der Waals surface area contributed by atoms with Crippen molar-refractivity contribution in [1.29, 1.82) is 0 Å². The lowest BCUT2D eigenvalue weighted by molar-refractivity contribution is 0.949. The predicted octanol–water partition coefficient (Wildman–Crippen LogP) is 5.39. The van der Waals surface area contributed by atoms with Crippen LogP contribution in [0.2, 0.25) is 0 Å². The van der Waals surface area contributed by atoms with Gasteiger partial charge in [0.1, 0.15) is 0 Å². The first-order chi connectivity index (χ1) is 8.24. The number of rotatable bonds is 7. The Morgan fingerprint density at radius 1 is 1.12 bits per heavy atom. The first-order valence-electron chi connectivity index (χ1n) is 6.23. The molecule has 1 aromatic rings. The molecule has 0 amide bonds. The average Bonchev–Trinajstić information content (AvgIpc) is 2.37. The van der Waals surface area contributed by atoms with Gasteiger partial charge in [-0.05, 0) is 43.7 Å². The fourth-order valence-corrected chi connectivity index (χ4v) is 1.74. The maximum absolute atomic E-state index is 4.14. The van der Waals surface area contributed by atoms with Crippen LogP contribution in [0.3, 0.4) is 0 Å². The predicted molar refractivity (Wildman–Crippen MR) is 77.9 cm³/mol. The first-order valence-corrected chi connectivity index (χ1v) is 6.23. The maximum atomic E-state index is 4.14. The molecule has 0 fully saturated rings. The van der Waals surface area contributed by atoms with E-state index in [2.05, 4.69) is 50.4 Å². The quantitative estimate of drug-likeness (QED) is 0.547. The van der Waals surface area contributed by atoms with Crippen LogP contribution >= 0.6 is 0 Å². The molecule has 0 saturated heterocycles. The molecule has 0 heterocycles. The molecule has 0 atom stereocenters. The number of hydrogen-bond acceptors (Lipinski definition) is 0. The summed E-state index contributed by atoms with van der Waals surface area (Å²) in [6.45, 7) is 10.1. The van der Waals surface area contributed by atoms with Gasteiger partial charge in [0.15, 0.2) is 0 Å². The molecule has 0 saturated carbocycles. The third kappa shape index (κ3) is 5.35. The minimum Gasteiger partial charge on any atom is -0.103 e. The van der Waals surface area contributed by atoms with Gasteiger partial charge in [-0.3, -0.25) is 0 Å². The second kappa shape index (κ2) is 7.67. The Bertz CT molecular complexity index is 382. The topological polar surface area (TPSA) is 0 Å². The van der Waals surface area contributed by atoms with Gasteiger partial charge in [-0.1, -0.05) is 54.6 Å². The zero-order valence-electron chi connectivity index (χ0n) is 10.8. The lowest BCUT2D eigenvalue weighted by Gasteiger charge is -2.04. The summed E-state index contributed by atoms with van der Waals surface area (Å²) in [5, 5.41) is 0. The van der Waals surface area contributed by atoms with Gasteiger partial charge in [0, 0.05) is 0 Å². The minimum absolute atomic E-state index is 1.04. The Morgan fingerprint density at radius 3 is 2.47 bits per heavy atom. The molecule has 17 heavy (non-hydrogen) atoms. The van der Waals surface area contributed by atoms with Crippen LogP contribution in [0.1, 0.15) is 38.2 Å². The van der Waals surface area contributed by atoms with Gasteiger partial charge in [-0.25, -0.2) is 0 Å². The molecule has 0 aliphatic rings. The smallest absolute Gasteiger partial charge is 0.0230 e. The molecule has 0 aliphatic heterocycles. The Kier molecular flexibility index (Phi) is 6.09. The zero-order valence-corrected chi connectivity index (χ0v) is 10.8. The Morgan fingerprint density at radius 2 is 1.82 bits per heavy atom. The highest BCUT2D eigenvalue weighted by molar-refractivity contribution is 5.63. The molecule has 0 bridgehead atoms. The van der Waals surface area contributed by atoms with Crippen molar-refractivity contribution in [1.82, 2.24) is 0 Å². The molecule has 0 heteroatoms. The van der Waals surface area contributed by atoms with Crippen LogP contribution in [-0.4, -0.2) is 0 Å². The Labute approximate surface area is 105 Å². The van der Waals surface area contributed by atoms with Crippen LogP contribution in [-0.2, 0) is 0 Å². The molecule has 1 rings (SSSR count). The van der Waals surface area contributed by atoms with Crippen molar-refractivity contribution < 1.29 is 0 Å². The largest absolute Gasteiger partial charge is 0.103 e. The molecule has 90 valence electrons. The van der Waals surface area contributed by atoms with E-state index >= 15 is 0 Å². The molecule has 0 N–H and O–H groups in total. The van der Waals surface area contributed by atoms with E-state index in [0.717, 1.165) is 25.7 Å². The molecule has 0 nitrogen and oxygen atoms in total. The summed E-state index contributed by atoms with van der Waals surface area (Å²) in [6, 6.07) is 10.4. The zero-order chi connectivity index (χ0) is 12.5. The van der Waals surface area contributed by atoms with E-state index in [9.17, 15) is 0 Å². The van der Waals surface area contributed by atoms with Gasteiger partial charge in [0.2, 0.25) is 0 Å². The number of hydrogen-bond donors (Lipinski definition) is 0. The van der Waals surface area contributed by atoms with Crippen molar-refractivity contribution in [2.45, 2.75) is 32.6 Å². The van der Waals surface area contributed by atoms with Crippen molar-refractivity contribution in [2.75, 3.05) is 0 Å². The lowest BCUT2D eigenvalue weighted by atomic mass is 10.0. The van der Waals surface area contributed by atoms with E-state index in [1.54, 1.807) is 0 Å². The van der Waals surface area contributed by atoms with Crippen molar-refractivity contribution in [3.05, 3.63) is 66.8 Å². The molecule has 0 aromatic heterocycles. The highest BCUT2D eigenvalue weighted by Crippen LogP contribution is 2.18. The van der Waals surface area contributed by atoms with Gasteiger partial charge in [-0.15, -0.1) is 6.58 Å². The summed E-state index contributed by atoms with van der Waals surface area (Å²) in [7, 11) is 0. The van der Waals surface area contributed by atoms with E-state index in [1.807, 2.05) is 12.1 Å². The van der Waals surface area contributed by atoms with E-state index < -0.39 is 0 Å². The first kappa shape index (κ1) is 13.5. The highest BCUT2D eigenvalue weighted by atomic mass is 14.0. The van der Waals surface area contributed by atoms with Gasteiger partial charge in [-0.2, -0.15) is 0 Å². The summed E-state index contributed by atoms with van der Waals surface area (Å²) in [6.07, 6.45) is 8.60.